The van der Waals surface area contributed by atoms with Gasteiger partial charge in [0.2, 0.25) is 6.08 Å². The van der Waals surface area contributed by atoms with Crippen LogP contribution in [-0.2, 0) is 11.2 Å². The lowest BCUT2D eigenvalue weighted by atomic mass is 9.94. The summed E-state index contributed by atoms with van der Waals surface area (Å²) in [6.45, 7) is 2.11. The smallest absolute Gasteiger partial charge is 0.211 e. The van der Waals surface area contributed by atoms with Gasteiger partial charge in [0.05, 0.1) is 6.04 Å². The van der Waals surface area contributed by atoms with Crippen LogP contribution >= 0.6 is 11.3 Å². The first-order valence-electron chi connectivity index (χ1n) is 5.95. The van der Waals surface area contributed by atoms with Gasteiger partial charge in [-0.3, -0.25) is 0 Å². The van der Waals surface area contributed by atoms with Crippen LogP contribution in [0.1, 0.15) is 23.3 Å². The maximum atomic E-state index is 10.6. The summed E-state index contributed by atoms with van der Waals surface area (Å²) in [5.74, 6) is 0.242. The van der Waals surface area contributed by atoms with Crippen LogP contribution in [0.4, 0.5) is 0 Å². The Balaban J connectivity index is 2.16. The molecule has 1 aromatic heterocycles. The second kappa shape index (κ2) is 6.29. The summed E-state index contributed by atoms with van der Waals surface area (Å²) in [5.41, 5.74) is 1.20. The minimum Gasteiger partial charge on any atom is -0.211 e. The number of hydrogen-bond acceptors (Lipinski definition) is 3. The molecule has 2 atom stereocenters. The van der Waals surface area contributed by atoms with E-state index in [-0.39, 0.29) is 12.0 Å². The minimum atomic E-state index is -0.0384. The molecule has 2 unspecified atom stereocenters. The molecule has 2 rings (SSSR count). The molecule has 0 radical (unpaired) electrons. The zero-order valence-electron chi connectivity index (χ0n) is 10.2. The number of aliphatic imine (C=N–C) groups is 1. The fraction of sp³-hybridized carbons (Fsp3) is 0.267. The Labute approximate surface area is 111 Å². The molecule has 0 bridgehead atoms. The lowest BCUT2D eigenvalue weighted by Crippen LogP contribution is -2.16. The number of hydrogen-bond donors (Lipinski definition) is 0. The van der Waals surface area contributed by atoms with Crippen LogP contribution < -0.4 is 0 Å². The summed E-state index contributed by atoms with van der Waals surface area (Å²) in [7, 11) is 0. The zero-order valence-corrected chi connectivity index (χ0v) is 11.1. The van der Waals surface area contributed by atoms with Crippen molar-refractivity contribution in [2.75, 3.05) is 0 Å². The Bertz CT molecular complexity index is 515. The van der Waals surface area contributed by atoms with Crippen LogP contribution in [0.5, 0.6) is 0 Å². The van der Waals surface area contributed by atoms with Crippen molar-refractivity contribution in [1.29, 1.82) is 0 Å². The molecule has 0 saturated carbocycles. The summed E-state index contributed by atoms with van der Waals surface area (Å²) < 4.78 is 0. The molecule has 0 fully saturated rings. The van der Waals surface area contributed by atoms with Gasteiger partial charge in [-0.25, -0.2) is 9.79 Å². The largest absolute Gasteiger partial charge is 0.235 e. The van der Waals surface area contributed by atoms with Crippen LogP contribution in [0.3, 0.4) is 0 Å². The predicted octanol–water partition coefficient (Wildman–Crippen LogP) is 3.80. The van der Waals surface area contributed by atoms with E-state index in [9.17, 15) is 4.79 Å². The molecule has 1 aromatic carbocycles. The molecule has 0 aliphatic rings. The lowest BCUT2D eigenvalue weighted by Gasteiger charge is -2.17. The number of nitrogens with zero attached hydrogens (tertiary/aromatic N) is 1. The quantitative estimate of drug-likeness (QED) is 0.591. The summed E-state index contributed by atoms with van der Waals surface area (Å²) in [6, 6.07) is 14.2. The van der Waals surface area contributed by atoms with Crippen molar-refractivity contribution < 1.29 is 4.79 Å². The van der Waals surface area contributed by atoms with Crippen molar-refractivity contribution in [1.82, 2.24) is 0 Å². The van der Waals surface area contributed by atoms with E-state index in [2.05, 4.69) is 35.5 Å². The average Bonchev–Trinajstić information content (AvgIpc) is 2.92. The maximum absolute atomic E-state index is 10.6. The van der Waals surface area contributed by atoms with E-state index in [0.29, 0.717) is 0 Å². The number of thiophene rings is 1. The fourth-order valence-electron chi connectivity index (χ4n) is 2.00. The average molecular weight is 257 g/mol. The zero-order chi connectivity index (χ0) is 12.8. The highest BCUT2D eigenvalue weighted by Gasteiger charge is 2.19. The molecule has 2 aromatic rings. The van der Waals surface area contributed by atoms with Crippen LogP contribution in [0.15, 0.2) is 52.8 Å². The van der Waals surface area contributed by atoms with Gasteiger partial charge in [0.1, 0.15) is 0 Å². The molecule has 0 amide bonds. The highest BCUT2D eigenvalue weighted by molar-refractivity contribution is 7.10. The summed E-state index contributed by atoms with van der Waals surface area (Å²) in [6.07, 6.45) is 2.48. The molecule has 92 valence electrons. The summed E-state index contributed by atoms with van der Waals surface area (Å²) in [5, 5.41) is 2.05. The molecule has 1 heterocycles. The van der Waals surface area contributed by atoms with Crippen molar-refractivity contribution in [2.45, 2.75) is 25.3 Å². The van der Waals surface area contributed by atoms with E-state index < -0.39 is 0 Å². The molecule has 18 heavy (non-hydrogen) atoms. The van der Waals surface area contributed by atoms with Gasteiger partial charge < -0.3 is 0 Å². The van der Waals surface area contributed by atoms with Crippen molar-refractivity contribution >= 4 is 17.4 Å². The first kappa shape index (κ1) is 12.7. The first-order chi connectivity index (χ1) is 8.81. The van der Waals surface area contributed by atoms with Crippen LogP contribution in [0.2, 0.25) is 0 Å². The van der Waals surface area contributed by atoms with E-state index in [1.165, 1.54) is 10.4 Å². The molecule has 0 aliphatic heterocycles. The number of isocyanates is 1. The second-order valence-corrected chi connectivity index (χ2v) is 5.26. The summed E-state index contributed by atoms with van der Waals surface area (Å²) in [4.78, 5) is 15.8. The number of benzene rings is 1. The van der Waals surface area contributed by atoms with E-state index in [4.69, 9.17) is 0 Å². The van der Waals surface area contributed by atoms with Gasteiger partial charge in [-0.05, 0) is 23.4 Å². The van der Waals surface area contributed by atoms with Gasteiger partial charge >= 0.3 is 0 Å². The fourth-order valence-corrected chi connectivity index (χ4v) is 2.84. The van der Waals surface area contributed by atoms with Crippen molar-refractivity contribution in [2.24, 2.45) is 4.99 Å². The Kier molecular flexibility index (Phi) is 4.46. The van der Waals surface area contributed by atoms with Gasteiger partial charge in [-0.1, -0.05) is 43.3 Å². The standard InChI is InChI=1S/C15H15NOS/c1-12(15-8-5-9-18-15)14(16-11-17)10-13-6-3-2-4-7-13/h2-9,12,14H,10H2,1H3. The lowest BCUT2D eigenvalue weighted by molar-refractivity contribution is 0.536. The maximum Gasteiger partial charge on any atom is 0.235 e. The van der Waals surface area contributed by atoms with Crippen molar-refractivity contribution in [3.63, 3.8) is 0 Å². The molecule has 0 N–H and O–H groups in total. The van der Waals surface area contributed by atoms with Gasteiger partial charge in [0.25, 0.3) is 0 Å². The third-order valence-electron chi connectivity index (χ3n) is 3.08. The molecular formula is C15H15NOS. The highest BCUT2D eigenvalue weighted by Crippen LogP contribution is 2.27. The molecular weight excluding hydrogens is 242 g/mol. The Morgan fingerprint density at radius 2 is 2.00 bits per heavy atom. The minimum absolute atomic E-state index is 0.0384. The predicted molar refractivity (Wildman–Crippen MR) is 74.8 cm³/mol. The second-order valence-electron chi connectivity index (χ2n) is 4.28. The highest BCUT2D eigenvalue weighted by atomic mass is 32.1. The van der Waals surface area contributed by atoms with Crippen molar-refractivity contribution in [3.05, 3.63) is 58.3 Å². The van der Waals surface area contributed by atoms with Crippen molar-refractivity contribution in [3.8, 4) is 0 Å². The first-order valence-corrected chi connectivity index (χ1v) is 6.83. The van der Waals surface area contributed by atoms with Gasteiger partial charge in [-0.15, -0.1) is 11.3 Å². The Morgan fingerprint density at radius 3 is 2.61 bits per heavy atom. The molecule has 0 saturated heterocycles. The van der Waals surface area contributed by atoms with Gasteiger partial charge in [0, 0.05) is 10.8 Å². The van der Waals surface area contributed by atoms with Crippen LogP contribution in [0, 0.1) is 0 Å². The Hall–Kier alpha value is -1.70. The van der Waals surface area contributed by atoms with Crippen LogP contribution in [0.25, 0.3) is 0 Å². The van der Waals surface area contributed by atoms with Crippen LogP contribution in [-0.4, -0.2) is 12.1 Å². The topological polar surface area (TPSA) is 29.4 Å². The third-order valence-corrected chi connectivity index (χ3v) is 4.15. The van der Waals surface area contributed by atoms with E-state index in [0.717, 1.165) is 6.42 Å². The molecule has 0 spiro atoms. The Morgan fingerprint density at radius 1 is 1.22 bits per heavy atom. The normalized spacial score (nSPS) is 13.6. The molecule has 3 heteroatoms. The van der Waals surface area contributed by atoms with Gasteiger partial charge in [0.15, 0.2) is 0 Å². The number of carbonyl (C=O) groups excluding carboxylic acids is 1. The monoisotopic (exact) mass is 257 g/mol. The molecule has 0 aliphatic carbocycles. The van der Waals surface area contributed by atoms with Gasteiger partial charge in [-0.2, -0.15) is 0 Å². The third kappa shape index (κ3) is 3.16. The van der Waals surface area contributed by atoms with E-state index in [1.807, 2.05) is 24.3 Å². The van der Waals surface area contributed by atoms with E-state index in [1.54, 1.807) is 17.4 Å². The molecule has 2 nitrogen and oxygen atoms in total. The van der Waals surface area contributed by atoms with E-state index >= 15 is 0 Å². The summed E-state index contributed by atoms with van der Waals surface area (Å²) >= 11 is 1.71. The SMILES string of the molecule is CC(c1cccs1)C(Cc1ccccc1)N=C=O. The number of rotatable bonds is 5.